The molecule has 0 aliphatic rings. The van der Waals surface area contributed by atoms with Crippen molar-refractivity contribution in [3.05, 3.63) is 21.3 Å². The largest absolute Gasteiger partial charge is 0.349 e. The minimum absolute atomic E-state index is 0. The molecule has 3 nitrogen and oxygen atoms in total. The van der Waals surface area contributed by atoms with Gasteiger partial charge in [0, 0.05) is 17.8 Å². The van der Waals surface area contributed by atoms with Gasteiger partial charge in [0.1, 0.15) is 0 Å². The van der Waals surface area contributed by atoms with Crippen molar-refractivity contribution in [3.63, 3.8) is 0 Å². The van der Waals surface area contributed by atoms with E-state index in [0.29, 0.717) is 18.9 Å². The second-order valence-corrected chi connectivity index (χ2v) is 6.83. The number of aryl methyl sites for hydroxylation is 1. The SMILES string of the molecule is CC(C)C(C)(CN)NC(=O)CCc1ccc(Cl)s1.Cl. The Balaban J connectivity index is 0.00000324. The number of amides is 1. The Kier molecular flexibility index (Phi) is 7.98. The van der Waals surface area contributed by atoms with Crippen LogP contribution in [0.4, 0.5) is 0 Å². The molecule has 1 unspecified atom stereocenters. The lowest BCUT2D eigenvalue weighted by atomic mass is 9.88. The first-order valence-corrected chi connectivity index (χ1v) is 7.32. The predicted molar refractivity (Wildman–Crippen MR) is 85.3 cm³/mol. The molecule has 6 heteroatoms. The zero-order chi connectivity index (χ0) is 13.8. The second-order valence-electron chi connectivity index (χ2n) is 5.03. The molecule has 0 aliphatic carbocycles. The molecule has 1 aromatic heterocycles. The minimum Gasteiger partial charge on any atom is -0.349 e. The van der Waals surface area contributed by atoms with Crippen LogP contribution in [0.25, 0.3) is 0 Å². The first-order chi connectivity index (χ1) is 8.37. The van der Waals surface area contributed by atoms with Gasteiger partial charge in [0.25, 0.3) is 0 Å². The molecule has 0 fully saturated rings. The summed E-state index contributed by atoms with van der Waals surface area (Å²) in [5.41, 5.74) is 5.41. The summed E-state index contributed by atoms with van der Waals surface area (Å²) in [7, 11) is 0. The van der Waals surface area contributed by atoms with Crippen molar-refractivity contribution in [1.82, 2.24) is 5.32 Å². The van der Waals surface area contributed by atoms with Gasteiger partial charge < -0.3 is 11.1 Å². The van der Waals surface area contributed by atoms with Gasteiger partial charge in [-0.1, -0.05) is 25.4 Å². The van der Waals surface area contributed by atoms with Crippen LogP contribution in [-0.2, 0) is 11.2 Å². The maximum absolute atomic E-state index is 11.9. The summed E-state index contributed by atoms with van der Waals surface area (Å²) in [6.45, 7) is 6.55. The Hall–Kier alpha value is -0.290. The van der Waals surface area contributed by atoms with Crippen LogP contribution >= 0.6 is 35.3 Å². The van der Waals surface area contributed by atoms with Crippen molar-refractivity contribution in [2.24, 2.45) is 11.7 Å². The van der Waals surface area contributed by atoms with E-state index in [9.17, 15) is 4.79 Å². The fourth-order valence-electron chi connectivity index (χ4n) is 1.53. The fourth-order valence-corrected chi connectivity index (χ4v) is 2.62. The molecule has 1 heterocycles. The number of halogens is 2. The molecule has 19 heavy (non-hydrogen) atoms. The summed E-state index contributed by atoms with van der Waals surface area (Å²) in [6.07, 6.45) is 1.20. The first-order valence-electron chi connectivity index (χ1n) is 6.12. The molecule has 0 aromatic carbocycles. The van der Waals surface area contributed by atoms with Gasteiger partial charge in [-0.25, -0.2) is 0 Å². The molecule has 0 bridgehead atoms. The van der Waals surface area contributed by atoms with Crippen molar-refractivity contribution in [3.8, 4) is 0 Å². The zero-order valence-corrected chi connectivity index (χ0v) is 13.9. The van der Waals surface area contributed by atoms with Crippen LogP contribution < -0.4 is 11.1 Å². The van der Waals surface area contributed by atoms with Gasteiger partial charge in [-0.05, 0) is 31.4 Å². The fraction of sp³-hybridized carbons (Fsp3) is 0.615. The van der Waals surface area contributed by atoms with Crippen molar-refractivity contribution < 1.29 is 4.79 Å². The van der Waals surface area contributed by atoms with Gasteiger partial charge >= 0.3 is 0 Å². The van der Waals surface area contributed by atoms with E-state index >= 15 is 0 Å². The standard InChI is InChI=1S/C13H21ClN2OS.ClH/c1-9(2)13(3,8-15)16-12(17)7-5-10-4-6-11(14)18-10;/h4,6,9H,5,7-8,15H2,1-3H3,(H,16,17);1H. The molecule has 1 atom stereocenters. The van der Waals surface area contributed by atoms with Crippen LogP contribution in [0.2, 0.25) is 4.34 Å². The third-order valence-electron chi connectivity index (χ3n) is 3.35. The number of hydrogen-bond donors (Lipinski definition) is 2. The Morgan fingerprint density at radius 3 is 2.58 bits per heavy atom. The van der Waals surface area contributed by atoms with Crippen molar-refractivity contribution in [2.45, 2.75) is 39.2 Å². The van der Waals surface area contributed by atoms with Crippen molar-refractivity contribution in [1.29, 1.82) is 0 Å². The number of thiophene rings is 1. The van der Waals surface area contributed by atoms with Gasteiger partial charge in [-0.3, -0.25) is 4.79 Å². The predicted octanol–water partition coefficient (Wildman–Crippen LogP) is 3.25. The molecule has 110 valence electrons. The van der Waals surface area contributed by atoms with E-state index < -0.39 is 0 Å². The van der Waals surface area contributed by atoms with E-state index in [1.54, 1.807) is 0 Å². The Labute approximate surface area is 130 Å². The molecule has 1 aromatic rings. The first kappa shape index (κ1) is 18.7. The number of nitrogens with one attached hydrogen (secondary N) is 1. The van der Waals surface area contributed by atoms with Crippen molar-refractivity contribution in [2.75, 3.05) is 6.54 Å². The molecular formula is C13H22Cl2N2OS. The quantitative estimate of drug-likeness (QED) is 0.843. The molecular weight excluding hydrogens is 303 g/mol. The maximum Gasteiger partial charge on any atom is 0.220 e. The van der Waals surface area contributed by atoms with Gasteiger partial charge in [0.05, 0.1) is 9.88 Å². The zero-order valence-electron chi connectivity index (χ0n) is 11.5. The lowest BCUT2D eigenvalue weighted by Gasteiger charge is -2.33. The van der Waals surface area contributed by atoms with E-state index in [1.807, 2.05) is 19.1 Å². The van der Waals surface area contributed by atoms with E-state index in [0.717, 1.165) is 15.6 Å². The van der Waals surface area contributed by atoms with Crippen molar-refractivity contribution >= 4 is 41.3 Å². The van der Waals surface area contributed by atoms with Crippen LogP contribution in [-0.4, -0.2) is 18.0 Å². The van der Waals surface area contributed by atoms with Crippen LogP contribution in [0.5, 0.6) is 0 Å². The topological polar surface area (TPSA) is 55.1 Å². The Morgan fingerprint density at radius 1 is 1.53 bits per heavy atom. The highest BCUT2D eigenvalue weighted by Crippen LogP contribution is 2.22. The second kappa shape index (κ2) is 8.10. The molecule has 1 rings (SSSR count). The molecule has 1 amide bonds. The molecule has 0 aliphatic heterocycles. The number of carbonyl (C=O) groups excluding carboxylic acids is 1. The van der Waals surface area contributed by atoms with Gasteiger partial charge in [0.2, 0.25) is 5.91 Å². The number of hydrogen-bond acceptors (Lipinski definition) is 3. The molecule has 0 spiro atoms. The van der Waals surface area contributed by atoms with Crippen LogP contribution in [0.15, 0.2) is 12.1 Å². The smallest absolute Gasteiger partial charge is 0.220 e. The highest BCUT2D eigenvalue weighted by molar-refractivity contribution is 7.16. The third kappa shape index (κ3) is 5.69. The van der Waals surface area contributed by atoms with Gasteiger partial charge in [-0.2, -0.15) is 0 Å². The third-order valence-corrected chi connectivity index (χ3v) is 4.64. The normalized spacial score (nSPS) is 13.8. The van der Waals surface area contributed by atoms with E-state index in [1.165, 1.54) is 11.3 Å². The van der Waals surface area contributed by atoms with Crippen LogP contribution in [0.3, 0.4) is 0 Å². The molecule has 0 saturated carbocycles. The number of rotatable bonds is 6. The summed E-state index contributed by atoms with van der Waals surface area (Å²) in [6, 6.07) is 3.82. The summed E-state index contributed by atoms with van der Waals surface area (Å²) >= 11 is 7.37. The van der Waals surface area contributed by atoms with Crippen LogP contribution in [0, 0.1) is 5.92 Å². The van der Waals surface area contributed by atoms with E-state index in [2.05, 4.69) is 19.2 Å². The summed E-state index contributed by atoms with van der Waals surface area (Å²) < 4.78 is 0.763. The highest BCUT2D eigenvalue weighted by atomic mass is 35.5. The summed E-state index contributed by atoms with van der Waals surface area (Å²) in [5.74, 6) is 0.351. The summed E-state index contributed by atoms with van der Waals surface area (Å²) in [5, 5.41) is 3.03. The van der Waals surface area contributed by atoms with Gasteiger partial charge in [0.15, 0.2) is 0 Å². The monoisotopic (exact) mass is 324 g/mol. The average Bonchev–Trinajstić information content (AvgIpc) is 2.72. The molecule has 0 saturated heterocycles. The molecule has 0 radical (unpaired) electrons. The minimum atomic E-state index is -0.329. The average molecular weight is 325 g/mol. The lowest BCUT2D eigenvalue weighted by Crippen LogP contribution is -2.55. The van der Waals surface area contributed by atoms with E-state index in [-0.39, 0.29) is 23.9 Å². The van der Waals surface area contributed by atoms with E-state index in [4.69, 9.17) is 17.3 Å². The Bertz CT molecular complexity index is 409. The van der Waals surface area contributed by atoms with Crippen LogP contribution in [0.1, 0.15) is 32.1 Å². The molecule has 3 N–H and O–H groups in total. The van der Waals surface area contributed by atoms with Gasteiger partial charge in [-0.15, -0.1) is 23.7 Å². The summed E-state index contributed by atoms with van der Waals surface area (Å²) in [4.78, 5) is 13.0. The Morgan fingerprint density at radius 2 is 2.16 bits per heavy atom. The highest BCUT2D eigenvalue weighted by Gasteiger charge is 2.28. The number of nitrogens with two attached hydrogens (primary N) is 1. The number of carbonyl (C=O) groups is 1. The lowest BCUT2D eigenvalue weighted by molar-refractivity contribution is -0.123. The maximum atomic E-state index is 11.9.